The summed E-state index contributed by atoms with van der Waals surface area (Å²) in [4.78, 5) is 26.7. The van der Waals surface area contributed by atoms with Crippen molar-refractivity contribution in [3.05, 3.63) is 41.1 Å². The van der Waals surface area contributed by atoms with Crippen molar-refractivity contribution >= 4 is 29.0 Å². The fourth-order valence-electron chi connectivity index (χ4n) is 3.65. The Hall–Kier alpha value is -1.81. The van der Waals surface area contributed by atoms with Crippen LogP contribution < -0.4 is 10.2 Å². The number of benzene rings is 1. The van der Waals surface area contributed by atoms with E-state index in [-0.39, 0.29) is 23.1 Å². The summed E-state index contributed by atoms with van der Waals surface area (Å²) in [5.41, 5.74) is 1.65. The lowest BCUT2D eigenvalue weighted by Crippen LogP contribution is -2.44. The number of halogens is 1. The van der Waals surface area contributed by atoms with Crippen LogP contribution in [0.4, 0.5) is 5.69 Å². The quantitative estimate of drug-likeness (QED) is 0.907. The van der Waals surface area contributed by atoms with Crippen molar-refractivity contribution in [1.82, 2.24) is 5.32 Å². The van der Waals surface area contributed by atoms with Crippen LogP contribution in [0, 0.1) is 5.41 Å². The second-order valence-corrected chi connectivity index (χ2v) is 7.91. The highest BCUT2D eigenvalue weighted by Gasteiger charge is 2.33. The molecule has 0 aromatic heterocycles. The zero-order chi connectivity index (χ0) is 17.3. The molecule has 24 heavy (non-hydrogen) atoms. The van der Waals surface area contributed by atoms with Gasteiger partial charge in [-0.2, -0.15) is 0 Å². The third kappa shape index (κ3) is 3.81. The normalized spacial score (nSPS) is 23.1. The third-order valence-corrected chi connectivity index (χ3v) is 4.91. The molecule has 0 radical (unpaired) electrons. The molecule has 128 valence electrons. The zero-order valence-electron chi connectivity index (χ0n) is 14.1. The molecule has 0 saturated carbocycles. The van der Waals surface area contributed by atoms with E-state index in [2.05, 4.69) is 24.1 Å². The van der Waals surface area contributed by atoms with E-state index >= 15 is 0 Å². The van der Waals surface area contributed by atoms with E-state index in [0.29, 0.717) is 11.4 Å². The van der Waals surface area contributed by atoms with Crippen molar-refractivity contribution < 1.29 is 9.59 Å². The van der Waals surface area contributed by atoms with E-state index in [9.17, 15) is 9.59 Å². The standard InChI is InChI=1S/C19H23ClN2O2/c1-19(2)11-14(10-16(23)12-19)21-18(24)17-4-3-9-22(17)15-7-5-13(20)6-8-15/h5-8,10,17H,3-4,9,11-12H2,1-2H3,(H,21,24)/t17-/m0/s1. The van der Waals surface area contributed by atoms with Gasteiger partial charge < -0.3 is 10.2 Å². The average Bonchev–Trinajstić information content (AvgIpc) is 2.95. The molecule has 0 unspecified atom stereocenters. The van der Waals surface area contributed by atoms with Crippen LogP contribution in [-0.4, -0.2) is 24.3 Å². The van der Waals surface area contributed by atoms with Gasteiger partial charge >= 0.3 is 0 Å². The Morgan fingerprint density at radius 1 is 1.25 bits per heavy atom. The maximum Gasteiger partial charge on any atom is 0.246 e. The van der Waals surface area contributed by atoms with Gasteiger partial charge in [0.25, 0.3) is 0 Å². The summed E-state index contributed by atoms with van der Waals surface area (Å²) in [5, 5.41) is 3.68. The van der Waals surface area contributed by atoms with Crippen LogP contribution in [-0.2, 0) is 9.59 Å². The number of ketones is 1. The summed E-state index contributed by atoms with van der Waals surface area (Å²) < 4.78 is 0. The second kappa shape index (κ2) is 6.60. The van der Waals surface area contributed by atoms with Crippen molar-refractivity contribution in [3.8, 4) is 0 Å². The molecule has 1 heterocycles. The Kier molecular flexibility index (Phi) is 4.68. The van der Waals surface area contributed by atoms with E-state index in [1.807, 2.05) is 24.3 Å². The summed E-state index contributed by atoms with van der Waals surface area (Å²) in [5.74, 6) is 0.0572. The number of hydrogen-bond donors (Lipinski definition) is 1. The summed E-state index contributed by atoms with van der Waals surface area (Å²) in [6.07, 6.45) is 4.64. The highest BCUT2D eigenvalue weighted by Crippen LogP contribution is 2.33. The topological polar surface area (TPSA) is 49.4 Å². The van der Waals surface area contributed by atoms with E-state index in [4.69, 9.17) is 11.6 Å². The molecule has 1 amide bonds. The molecule has 1 N–H and O–H groups in total. The van der Waals surface area contributed by atoms with Crippen LogP contribution in [0.1, 0.15) is 39.5 Å². The van der Waals surface area contributed by atoms with Crippen molar-refractivity contribution in [2.75, 3.05) is 11.4 Å². The van der Waals surface area contributed by atoms with Crippen molar-refractivity contribution in [2.24, 2.45) is 5.41 Å². The molecule has 1 aliphatic heterocycles. The van der Waals surface area contributed by atoms with Crippen LogP contribution in [0.3, 0.4) is 0 Å². The minimum absolute atomic E-state index is 0.0285. The summed E-state index contributed by atoms with van der Waals surface area (Å²) >= 11 is 5.95. The van der Waals surface area contributed by atoms with Gasteiger partial charge in [-0.05, 0) is 48.9 Å². The lowest BCUT2D eigenvalue weighted by Gasteiger charge is -2.31. The molecule has 1 aromatic carbocycles. The highest BCUT2D eigenvalue weighted by atomic mass is 35.5. The predicted molar refractivity (Wildman–Crippen MR) is 96.1 cm³/mol. The lowest BCUT2D eigenvalue weighted by molar-refractivity contribution is -0.121. The second-order valence-electron chi connectivity index (χ2n) is 7.47. The van der Waals surface area contributed by atoms with Gasteiger partial charge in [0.1, 0.15) is 6.04 Å². The van der Waals surface area contributed by atoms with E-state index in [1.54, 1.807) is 6.08 Å². The van der Waals surface area contributed by atoms with Gasteiger partial charge in [0, 0.05) is 35.4 Å². The summed E-state index contributed by atoms with van der Waals surface area (Å²) in [6.45, 7) is 4.96. The molecule has 2 aliphatic rings. The van der Waals surface area contributed by atoms with Crippen LogP contribution >= 0.6 is 11.6 Å². The minimum atomic E-state index is -0.202. The molecule has 4 nitrogen and oxygen atoms in total. The Bertz CT molecular complexity index is 679. The number of hydrogen-bond acceptors (Lipinski definition) is 3. The monoisotopic (exact) mass is 346 g/mol. The molecule has 1 fully saturated rings. The maximum atomic E-state index is 12.8. The molecule has 3 rings (SSSR count). The summed E-state index contributed by atoms with van der Waals surface area (Å²) in [7, 11) is 0. The first-order valence-corrected chi connectivity index (χ1v) is 8.78. The molecule has 5 heteroatoms. The van der Waals surface area contributed by atoms with Crippen LogP contribution in [0.5, 0.6) is 0 Å². The number of nitrogens with zero attached hydrogens (tertiary/aromatic N) is 1. The first-order chi connectivity index (χ1) is 11.3. The van der Waals surface area contributed by atoms with Gasteiger partial charge in [0.05, 0.1) is 0 Å². The number of carbonyl (C=O) groups excluding carboxylic acids is 2. The van der Waals surface area contributed by atoms with Gasteiger partial charge in [-0.1, -0.05) is 25.4 Å². The zero-order valence-corrected chi connectivity index (χ0v) is 14.9. The molecule has 1 saturated heterocycles. The molecular weight excluding hydrogens is 324 g/mol. The number of amides is 1. The molecule has 1 atom stereocenters. The Morgan fingerprint density at radius 2 is 1.96 bits per heavy atom. The summed E-state index contributed by atoms with van der Waals surface area (Å²) in [6, 6.07) is 7.37. The molecule has 1 aliphatic carbocycles. The van der Waals surface area contributed by atoms with Crippen molar-refractivity contribution in [2.45, 2.75) is 45.6 Å². The van der Waals surface area contributed by atoms with Crippen LogP contribution in [0.2, 0.25) is 5.02 Å². The molecular formula is C19H23ClN2O2. The van der Waals surface area contributed by atoms with Gasteiger partial charge in [0.15, 0.2) is 5.78 Å². The number of nitrogens with one attached hydrogen (secondary N) is 1. The van der Waals surface area contributed by atoms with Crippen LogP contribution in [0.25, 0.3) is 0 Å². The lowest BCUT2D eigenvalue weighted by atomic mass is 9.79. The maximum absolute atomic E-state index is 12.8. The van der Waals surface area contributed by atoms with E-state index in [1.165, 1.54) is 0 Å². The average molecular weight is 347 g/mol. The third-order valence-electron chi connectivity index (χ3n) is 4.65. The predicted octanol–water partition coefficient (Wildman–Crippen LogP) is 3.70. The minimum Gasteiger partial charge on any atom is -0.360 e. The fraction of sp³-hybridized carbons (Fsp3) is 0.474. The first kappa shape index (κ1) is 17.0. The van der Waals surface area contributed by atoms with Gasteiger partial charge in [0.2, 0.25) is 5.91 Å². The van der Waals surface area contributed by atoms with Gasteiger partial charge in [-0.25, -0.2) is 0 Å². The largest absolute Gasteiger partial charge is 0.360 e. The number of rotatable bonds is 3. The Balaban J connectivity index is 1.72. The van der Waals surface area contributed by atoms with E-state index < -0.39 is 0 Å². The first-order valence-electron chi connectivity index (χ1n) is 8.41. The fourth-order valence-corrected chi connectivity index (χ4v) is 3.77. The van der Waals surface area contributed by atoms with Gasteiger partial charge in [-0.15, -0.1) is 0 Å². The number of allylic oxidation sites excluding steroid dienone is 2. The van der Waals surface area contributed by atoms with Crippen molar-refractivity contribution in [1.29, 1.82) is 0 Å². The molecule has 1 aromatic rings. The number of anilines is 1. The number of carbonyl (C=O) groups is 2. The highest BCUT2D eigenvalue weighted by molar-refractivity contribution is 6.30. The molecule has 0 spiro atoms. The molecule has 0 bridgehead atoms. The van der Waals surface area contributed by atoms with Crippen molar-refractivity contribution in [3.63, 3.8) is 0 Å². The Labute approximate surface area is 147 Å². The SMILES string of the molecule is CC1(C)CC(=O)C=C(NC(=O)[C@@H]2CCCN2c2ccc(Cl)cc2)C1. The van der Waals surface area contributed by atoms with E-state index in [0.717, 1.165) is 37.2 Å². The smallest absolute Gasteiger partial charge is 0.246 e. The van der Waals surface area contributed by atoms with Gasteiger partial charge in [-0.3, -0.25) is 9.59 Å². The Morgan fingerprint density at radius 3 is 2.62 bits per heavy atom. The van der Waals surface area contributed by atoms with Crippen LogP contribution in [0.15, 0.2) is 36.0 Å².